The second kappa shape index (κ2) is 10.3. The van der Waals surface area contributed by atoms with E-state index in [4.69, 9.17) is 16.6 Å². The summed E-state index contributed by atoms with van der Waals surface area (Å²) < 4.78 is 3.11. The number of rotatable bonds is 3. The fraction of sp³-hybridized carbons (Fsp3) is 0.290. The lowest BCUT2D eigenvalue weighted by molar-refractivity contribution is 0.375. The zero-order chi connectivity index (χ0) is 26.6. The molecular formula is C31H29ClIN3OS. The van der Waals surface area contributed by atoms with E-state index in [1.165, 1.54) is 29.0 Å². The van der Waals surface area contributed by atoms with E-state index in [9.17, 15) is 4.79 Å². The van der Waals surface area contributed by atoms with Crippen LogP contribution in [0.5, 0.6) is 0 Å². The van der Waals surface area contributed by atoms with E-state index in [-0.39, 0.29) is 5.43 Å². The highest BCUT2D eigenvalue weighted by Crippen LogP contribution is 2.37. The molecule has 194 valence electrons. The minimum atomic E-state index is -0.0290. The van der Waals surface area contributed by atoms with Crippen LogP contribution in [0.1, 0.15) is 47.9 Å². The predicted molar refractivity (Wildman–Crippen MR) is 169 cm³/mol. The molecule has 0 unspecified atom stereocenters. The lowest BCUT2D eigenvalue weighted by atomic mass is 9.97. The van der Waals surface area contributed by atoms with Gasteiger partial charge in [0, 0.05) is 49.0 Å². The van der Waals surface area contributed by atoms with Gasteiger partial charge in [-0.2, -0.15) is 0 Å². The summed E-state index contributed by atoms with van der Waals surface area (Å²) in [4.78, 5) is 23.5. The highest BCUT2D eigenvalue weighted by Gasteiger charge is 2.23. The van der Waals surface area contributed by atoms with Crippen molar-refractivity contribution in [2.24, 2.45) is 5.92 Å². The molecule has 4 nitrogen and oxygen atoms in total. The molecule has 0 radical (unpaired) electrons. The van der Waals surface area contributed by atoms with Crippen molar-refractivity contribution in [3.63, 3.8) is 0 Å². The molecule has 1 atom stereocenters. The third kappa shape index (κ3) is 4.65. The second-order valence-electron chi connectivity index (χ2n) is 10.3. The molecule has 3 aromatic heterocycles. The summed E-state index contributed by atoms with van der Waals surface area (Å²) in [5.41, 5.74) is 7.46. The van der Waals surface area contributed by atoms with Gasteiger partial charge in [0.1, 0.15) is 5.52 Å². The lowest BCUT2D eigenvalue weighted by Crippen LogP contribution is -2.23. The van der Waals surface area contributed by atoms with Crippen LogP contribution in [0.2, 0.25) is 5.02 Å². The van der Waals surface area contributed by atoms with Crippen LogP contribution >= 0.6 is 45.5 Å². The van der Waals surface area contributed by atoms with Crippen LogP contribution in [0.4, 0.5) is 0 Å². The number of thiophene rings is 1. The molecule has 38 heavy (non-hydrogen) atoms. The van der Waals surface area contributed by atoms with Gasteiger partial charge in [-0.25, -0.2) is 4.98 Å². The summed E-state index contributed by atoms with van der Waals surface area (Å²) >= 11 is 10.3. The average Bonchev–Trinajstić information content (AvgIpc) is 3.54. The Morgan fingerprint density at radius 1 is 1.13 bits per heavy atom. The van der Waals surface area contributed by atoms with Crippen molar-refractivity contribution in [2.45, 2.75) is 40.0 Å². The van der Waals surface area contributed by atoms with E-state index >= 15 is 0 Å². The molecule has 0 N–H and O–H groups in total. The van der Waals surface area contributed by atoms with Crippen molar-refractivity contribution >= 4 is 68.7 Å². The second-order valence-corrected chi connectivity index (χ2v) is 13.0. The first kappa shape index (κ1) is 25.8. The first-order valence-electron chi connectivity index (χ1n) is 13.1. The number of hydrogen-bond donors (Lipinski definition) is 0. The Labute approximate surface area is 245 Å². The van der Waals surface area contributed by atoms with E-state index in [1.807, 2.05) is 38.2 Å². The van der Waals surface area contributed by atoms with E-state index in [1.54, 1.807) is 11.3 Å². The Kier molecular flexibility index (Phi) is 6.99. The van der Waals surface area contributed by atoms with Crippen molar-refractivity contribution in [1.29, 1.82) is 0 Å². The van der Waals surface area contributed by atoms with Crippen LogP contribution in [0.15, 0.2) is 53.1 Å². The van der Waals surface area contributed by atoms with E-state index < -0.39 is 0 Å². The predicted octanol–water partition coefficient (Wildman–Crippen LogP) is 8.48. The standard InChI is InChI=1S/C31H29ClIN3OS/c1-18-7-6-8-28-21(14-26(18)35-11-4-5-12-35)15-29(38-28)23-17-36(25-10-9-22(32)16-24(25)33)27-13-19(2)20(3)34-30(27)31(23)37/h6,8-10,13-18H,4-5,7,11-12H2,1-3H3/b8-6+,26-14+/t18-/m1/s1. The number of aryl methyl sites for hydroxylation is 2. The summed E-state index contributed by atoms with van der Waals surface area (Å²) in [6.07, 6.45) is 12.4. The first-order valence-corrected chi connectivity index (χ1v) is 15.3. The Hall–Kier alpha value is -2.42. The molecule has 1 fully saturated rings. The molecule has 1 saturated heterocycles. The van der Waals surface area contributed by atoms with Crippen molar-refractivity contribution in [3.8, 4) is 16.1 Å². The maximum absolute atomic E-state index is 14.0. The summed E-state index contributed by atoms with van der Waals surface area (Å²) in [6, 6.07) is 10.1. The van der Waals surface area contributed by atoms with Gasteiger partial charge in [0.25, 0.3) is 0 Å². The highest BCUT2D eigenvalue weighted by atomic mass is 127. The fourth-order valence-electron chi connectivity index (χ4n) is 5.45. The van der Waals surface area contributed by atoms with Crippen molar-refractivity contribution in [3.05, 3.63) is 88.8 Å². The zero-order valence-electron chi connectivity index (χ0n) is 21.7. The maximum atomic E-state index is 14.0. The van der Waals surface area contributed by atoms with E-state index in [0.29, 0.717) is 22.0 Å². The van der Waals surface area contributed by atoms with Crippen LogP contribution in [-0.4, -0.2) is 27.5 Å². The molecule has 7 heteroatoms. The Balaban J connectivity index is 1.58. The van der Waals surface area contributed by atoms with Gasteiger partial charge in [0.2, 0.25) is 5.43 Å². The summed E-state index contributed by atoms with van der Waals surface area (Å²) in [5.74, 6) is 0.473. The quantitative estimate of drug-likeness (QED) is 0.208. The molecule has 0 amide bonds. The number of allylic oxidation sites excluding steroid dienone is 2. The van der Waals surface area contributed by atoms with Crippen molar-refractivity contribution < 1.29 is 0 Å². The smallest absolute Gasteiger partial charge is 0.216 e. The average molecular weight is 654 g/mol. The molecule has 1 aliphatic carbocycles. The number of aromatic nitrogens is 2. The molecule has 0 bridgehead atoms. The van der Waals surface area contributed by atoms with Crippen LogP contribution in [0, 0.1) is 23.3 Å². The van der Waals surface area contributed by atoms with Crippen LogP contribution < -0.4 is 5.43 Å². The van der Waals surface area contributed by atoms with Crippen molar-refractivity contribution in [2.75, 3.05) is 13.1 Å². The van der Waals surface area contributed by atoms with Gasteiger partial charge in [-0.3, -0.25) is 4.79 Å². The fourth-order valence-corrected chi connectivity index (χ4v) is 7.66. The number of nitrogens with zero attached hydrogens (tertiary/aromatic N) is 3. The molecule has 4 heterocycles. The van der Waals surface area contributed by atoms with E-state index in [2.05, 4.69) is 69.3 Å². The number of pyridine rings is 2. The van der Waals surface area contributed by atoms with Crippen molar-refractivity contribution in [1.82, 2.24) is 14.5 Å². The number of likely N-dealkylation sites (tertiary alicyclic amines) is 1. The summed E-state index contributed by atoms with van der Waals surface area (Å²) in [6.45, 7) is 8.58. The van der Waals surface area contributed by atoms with Gasteiger partial charge in [0.05, 0.1) is 16.8 Å². The molecule has 6 rings (SSSR count). The van der Waals surface area contributed by atoms with Gasteiger partial charge in [-0.15, -0.1) is 11.3 Å². The third-order valence-corrected chi connectivity index (χ3v) is 9.94. The minimum absolute atomic E-state index is 0.0290. The first-order chi connectivity index (χ1) is 18.3. The van der Waals surface area contributed by atoms with Crippen LogP contribution in [0.25, 0.3) is 39.3 Å². The monoisotopic (exact) mass is 653 g/mol. The highest BCUT2D eigenvalue weighted by molar-refractivity contribution is 14.1. The number of halogens is 2. The van der Waals surface area contributed by atoms with Gasteiger partial charge < -0.3 is 9.47 Å². The Morgan fingerprint density at radius 2 is 1.92 bits per heavy atom. The van der Waals surface area contributed by atoms with Crippen LogP contribution in [-0.2, 0) is 0 Å². The molecule has 1 aliphatic heterocycles. The molecule has 1 aromatic carbocycles. The number of hydrogen-bond acceptors (Lipinski definition) is 4. The van der Waals surface area contributed by atoms with Gasteiger partial charge in [0.15, 0.2) is 0 Å². The zero-order valence-corrected chi connectivity index (χ0v) is 25.5. The third-order valence-electron chi connectivity index (χ3n) is 7.69. The topological polar surface area (TPSA) is 38.1 Å². The SMILES string of the molecule is Cc1cc2c(nc1C)c(=O)c(-c1cc3c(s1)/C=C/C[C@@H](C)/C(N1CCCC1)=C\3)cn2-c1ccc(Cl)cc1I. The summed E-state index contributed by atoms with van der Waals surface area (Å²) in [5, 5.41) is 0.688. The van der Waals surface area contributed by atoms with Gasteiger partial charge >= 0.3 is 0 Å². The van der Waals surface area contributed by atoms with Crippen LogP contribution in [0.3, 0.4) is 0 Å². The lowest BCUT2D eigenvalue weighted by Gasteiger charge is -2.27. The molecule has 2 aliphatic rings. The number of benzene rings is 1. The Bertz CT molecular complexity index is 1690. The minimum Gasteiger partial charge on any atom is -0.375 e. The molecule has 0 saturated carbocycles. The Morgan fingerprint density at radius 3 is 2.68 bits per heavy atom. The molecular weight excluding hydrogens is 625 g/mol. The van der Waals surface area contributed by atoms with E-state index in [0.717, 1.165) is 50.4 Å². The van der Waals surface area contributed by atoms with Gasteiger partial charge in [-0.1, -0.05) is 24.6 Å². The maximum Gasteiger partial charge on any atom is 0.216 e. The normalized spacial score (nSPS) is 19.7. The molecule has 4 aromatic rings. The van der Waals surface area contributed by atoms with Gasteiger partial charge in [-0.05, 0) is 115 Å². The number of fused-ring (bicyclic) bond motifs is 2. The largest absolute Gasteiger partial charge is 0.375 e. The molecule has 0 spiro atoms. The summed E-state index contributed by atoms with van der Waals surface area (Å²) in [7, 11) is 0.